The summed E-state index contributed by atoms with van der Waals surface area (Å²) < 4.78 is 0. The molecule has 0 saturated heterocycles. The molecule has 0 saturated carbocycles. The smallest absolute Gasteiger partial charge is 0.0654 e. The van der Waals surface area contributed by atoms with Crippen LogP contribution < -0.4 is 0 Å². The maximum atomic E-state index is 2.29. The van der Waals surface area contributed by atoms with E-state index < -0.39 is 0 Å². The lowest BCUT2D eigenvalue weighted by molar-refractivity contribution is 0.538. The molecule has 0 aromatic carbocycles. The highest BCUT2D eigenvalue weighted by Crippen LogP contribution is 2.12. The van der Waals surface area contributed by atoms with Gasteiger partial charge in [0.1, 0.15) is 0 Å². The largest absolute Gasteiger partial charge is 1.00 e. The fraction of sp³-hybridized carbons (Fsp3) is 1.00. The molecule has 0 fully saturated rings. The van der Waals surface area contributed by atoms with Crippen molar-refractivity contribution in [2.75, 3.05) is 0 Å². The molecule has 0 N–H and O–H groups in total. The molecule has 0 aromatic heterocycles. The normalized spacial score (nSPS) is 10.9. The Bertz CT molecular complexity index is 98.1. The monoisotopic (exact) mass is 227 g/mol. The second kappa shape index (κ2) is 15.0. The number of unbranched alkanes of at least 4 members (excludes halogenated alkanes) is 13. The molecular weight excluding hydrogens is 192 g/mol. The van der Waals surface area contributed by atoms with E-state index in [0.29, 0.717) is 0 Å². The van der Waals surface area contributed by atoms with Gasteiger partial charge in [-0.1, -0.05) is 104 Å². The molecule has 0 atom stereocenters. The second-order valence-corrected chi connectivity index (χ2v) is 5.24. The first-order chi connectivity index (χ1) is 7.91. The highest BCUT2D eigenvalue weighted by molar-refractivity contribution is 4.48. The van der Waals surface area contributed by atoms with Gasteiger partial charge >= 0.3 is 1.43 Å². The molecule has 0 aromatic rings. The molecule has 0 amide bonds. The van der Waals surface area contributed by atoms with Crippen molar-refractivity contribution in [2.24, 2.45) is 0 Å². The fourth-order valence-electron chi connectivity index (χ4n) is 2.27. The lowest BCUT2D eigenvalue weighted by Gasteiger charge is -2.02. The third kappa shape index (κ3) is 14.0. The highest BCUT2D eigenvalue weighted by Gasteiger charge is 1.92. The SMILES string of the molecule is CCCCCCCCCCCCCCCC.[H+]. The molecule has 0 spiro atoms. The van der Waals surface area contributed by atoms with Gasteiger partial charge in [-0.2, -0.15) is 0 Å². The van der Waals surface area contributed by atoms with E-state index in [2.05, 4.69) is 13.8 Å². The quantitative estimate of drug-likeness (QED) is 0.311. The molecule has 0 unspecified atom stereocenters. The van der Waals surface area contributed by atoms with Crippen molar-refractivity contribution in [3.63, 3.8) is 0 Å². The van der Waals surface area contributed by atoms with Crippen LogP contribution in [0, 0.1) is 0 Å². The summed E-state index contributed by atoms with van der Waals surface area (Å²) in [6.45, 7) is 4.58. The molecule has 98 valence electrons. The third-order valence-corrected chi connectivity index (χ3v) is 3.46. The van der Waals surface area contributed by atoms with Crippen LogP contribution in [0.2, 0.25) is 0 Å². The zero-order valence-electron chi connectivity index (χ0n) is 12.9. The third-order valence-electron chi connectivity index (χ3n) is 3.46. The first-order valence-electron chi connectivity index (χ1n) is 7.91. The Morgan fingerprint density at radius 1 is 0.375 bits per heavy atom. The minimum atomic E-state index is 0. The van der Waals surface area contributed by atoms with Crippen molar-refractivity contribution in [2.45, 2.75) is 104 Å². The van der Waals surface area contributed by atoms with Crippen LogP contribution in [-0.2, 0) is 0 Å². The van der Waals surface area contributed by atoms with Gasteiger partial charge in [0.05, 0.1) is 0 Å². The van der Waals surface area contributed by atoms with E-state index in [9.17, 15) is 0 Å². The maximum Gasteiger partial charge on any atom is 1.00 e. The van der Waals surface area contributed by atoms with Crippen molar-refractivity contribution in [1.29, 1.82) is 0 Å². The van der Waals surface area contributed by atoms with Gasteiger partial charge < -0.3 is 0 Å². The average Bonchev–Trinajstić information content (AvgIpc) is 2.31. The minimum Gasteiger partial charge on any atom is -0.0654 e. The van der Waals surface area contributed by atoms with E-state index in [4.69, 9.17) is 0 Å². The van der Waals surface area contributed by atoms with E-state index in [0.717, 1.165) is 0 Å². The summed E-state index contributed by atoms with van der Waals surface area (Å²) in [7, 11) is 0. The lowest BCUT2D eigenvalue weighted by Crippen LogP contribution is -1.82. The molecule has 0 aliphatic heterocycles. The summed E-state index contributed by atoms with van der Waals surface area (Å²) in [4.78, 5) is 0. The summed E-state index contributed by atoms with van der Waals surface area (Å²) in [5.74, 6) is 0. The summed E-state index contributed by atoms with van der Waals surface area (Å²) >= 11 is 0. The predicted octanol–water partition coefficient (Wildman–Crippen LogP) is 6.60. The van der Waals surface area contributed by atoms with Crippen LogP contribution in [0.3, 0.4) is 0 Å². The molecule has 0 aliphatic rings. The Balaban J connectivity index is 0. The molecule has 0 heteroatoms. The Kier molecular flexibility index (Phi) is 15.0. The van der Waals surface area contributed by atoms with Crippen LogP contribution in [-0.4, -0.2) is 0 Å². The highest BCUT2D eigenvalue weighted by atomic mass is 14.0. The van der Waals surface area contributed by atoms with Gasteiger partial charge in [0.2, 0.25) is 0 Å². The molecular formula is C16H35+. The first-order valence-corrected chi connectivity index (χ1v) is 7.91. The number of hydrogen-bond donors (Lipinski definition) is 0. The van der Waals surface area contributed by atoms with Crippen molar-refractivity contribution in [3.8, 4) is 0 Å². The summed E-state index contributed by atoms with van der Waals surface area (Å²) in [5.41, 5.74) is 0. The topological polar surface area (TPSA) is 0 Å². The molecule has 0 rings (SSSR count). The van der Waals surface area contributed by atoms with Gasteiger partial charge in [-0.15, -0.1) is 0 Å². The summed E-state index contributed by atoms with van der Waals surface area (Å²) in [6.07, 6.45) is 20.4. The molecule has 0 nitrogen and oxygen atoms in total. The van der Waals surface area contributed by atoms with Crippen LogP contribution in [0.15, 0.2) is 0 Å². The van der Waals surface area contributed by atoms with Crippen molar-refractivity contribution in [3.05, 3.63) is 0 Å². The first kappa shape index (κ1) is 16.0. The van der Waals surface area contributed by atoms with E-state index in [1.54, 1.807) is 0 Å². The zero-order valence-corrected chi connectivity index (χ0v) is 11.9. The maximum absolute atomic E-state index is 2.29. The van der Waals surface area contributed by atoms with E-state index in [-0.39, 0.29) is 1.43 Å². The fourth-order valence-corrected chi connectivity index (χ4v) is 2.27. The van der Waals surface area contributed by atoms with Crippen molar-refractivity contribution < 1.29 is 1.43 Å². The Hall–Kier alpha value is 0. The van der Waals surface area contributed by atoms with Crippen LogP contribution in [0.4, 0.5) is 0 Å². The van der Waals surface area contributed by atoms with Gasteiger partial charge in [0.15, 0.2) is 0 Å². The number of rotatable bonds is 13. The predicted molar refractivity (Wildman–Crippen MR) is 77.1 cm³/mol. The second-order valence-electron chi connectivity index (χ2n) is 5.24. The van der Waals surface area contributed by atoms with E-state index >= 15 is 0 Å². The van der Waals surface area contributed by atoms with Gasteiger partial charge in [-0.25, -0.2) is 0 Å². The van der Waals surface area contributed by atoms with Crippen molar-refractivity contribution >= 4 is 0 Å². The average molecular weight is 227 g/mol. The van der Waals surface area contributed by atoms with Crippen LogP contribution in [0.1, 0.15) is 105 Å². The van der Waals surface area contributed by atoms with Crippen LogP contribution in [0.5, 0.6) is 0 Å². The van der Waals surface area contributed by atoms with Gasteiger partial charge in [-0.3, -0.25) is 0 Å². The van der Waals surface area contributed by atoms with Crippen LogP contribution in [0.25, 0.3) is 0 Å². The van der Waals surface area contributed by atoms with E-state index in [1.165, 1.54) is 89.9 Å². The lowest BCUT2D eigenvalue weighted by atomic mass is 10.0. The number of hydrogen-bond acceptors (Lipinski definition) is 0. The minimum absolute atomic E-state index is 0. The van der Waals surface area contributed by atoms with Crippen molar-refractivity contribution in [1.82, 2.24) is 0 Å². The molecule has 0 aliphatic carbocycles. The summed E-state index contributed by atoms with van der Waals surface area (Å²) in [6, 6.07) is 0. The Labute approximate surface area is 106 Å². The Morgan fingerprint density at radius 2 is 0.562 bits per heavy atom. The van der Waals surface area contributed by atoms with Gasteiger partial charge in [0, 0.05) is 0 Å². The standard InChI is InChI=1S/C16H34/c1-3-5-7-9-11-13-15-16-14-12-10-8-6-4-2/h3-16H2,1-2H3/p+1. The summed E-state index contributed by atoms with van der Waals surface area (Å²) in [5, 5.41) is 0. The van der Waals surface area contributed by atoms with E-state index in [1.807, 2.05) is 0 Å². The Morgan fingerprint density at radius 3 is 0.750 bits per heavy atom. The van der Waals surface area contributed by atoms with Gasteiger partial charge in [0.25, 0.3) is 0 Å². The zero-order chi connectivity index (χ0) is 11.9. The molecule has 16 heavy (non-hydrogen) atoms. The molecule has 0 radical (unpaired) electrons. The molecule has 0 heterocycles. The van der Waals surface area contributed by atoms with Crippen LogP contribution >= 0.6 is 0 Å². The molecule has 0 bridgehead atoms. The van der Waals surface area contributed by atoms with Gasteiger partial charge in [-0.05, 0) is 0 Å².